The van der Waals surface area contributed by atoms with E-state index in [0.717, 1.165) is 5.56 Å². The molecule has 7 heteroatoms. The number of hydrogen-bond donors (Lipinski definition) is 2. The Balaban J connectivity index is 2.27. The molecule has 0 saturated heterocycles. The summed E-state index contributed by atoms with van der Waals surface area (Å²) >= 11 is 0. The van der Waals surface area contributed by atoms with Crippen LogP contribution in [-0.2, 0) is 4.74 Å². The molecule has 0 aliphatic carbocycles. The average molecular weight is 319 g/mol. The van der Waals surface area contributed by atoms with Crippen molar-refractivity contribution in [1.82, 2.24) is 15.3 Å². The minimum absolute atomic E-state index is 0.0401. The number of H-pyrrole nitrogens is 1. The SMILES string of the molecule is COCCCNC(=O)c1cc(-c2cc(C)ccc2F)nc(=O)[nH]1. The van der Waals surface area contributed by atoms with Crippen LogP contribution >= 0.6 is 0 Å². The van der Waals surface area contributed by atoms with Crippen molar-refractivity contribution >= 4 is 5.91 Å². The molecular weight excluding hydrogens is 301 g/mol. The Morgan fingerprint density at radius 3 is 2.91 bits per heavy atom. The monoisotopic (exact) mass is 319 g/mol. The van der Waals surface area contributed by atoms with Crippen LogP contribution < -0.4 is 11.0 Å². The van der Waals surface area contributed by atoms with E-state index < -0.39 is 17.4 Å². The predicted molar refractivity (Wildman–Crippen MR) is 83.8 cm³/mol. The Morgan fingerprint density at radius 1 is 1.39 bits per heavy atom. The Hall–Kier alpha value is -2.54. The van der Waals surface area contributed by atoms with Crippen LogP contribution in [0.3, 0.4) is 0 Å². The summed E-state index contributed by atoms with van der Waals surface area (Å²) < 4.78 is 18.8. The lowest BCUT2D eigenvalue weighted by Gasteiger charge is -2.07. The van der Waals surface area contributed by atoms with Crippen molar-refractivity contribution in [1.29, 1.82) is 0 Å². The molecule has 1 aromatic heterocycles. The van der Waals surface area contributed by atoms with Crippen molar-refractivity contribution < 1.29 is 13.9 Å². The van der Waals surface area contributed by atoms with Crippen LogP contribution in [-0.4, -0.2) is 36.1 Å². The number of methoxy groups -OCH3 is 1. The molecule has 6 nitrogen and oxygen atoms in total. The van der Waals surface area contributed by atoms with Gasteiger partial charge >= 0.3 is 5.69 Å². The zero-order valence-corrected chi connectivity index (χ0v) is 13.0. The van der Waals surface area contributed by atoms with Gasteiger partial charge < -0.3 is 15.0 Å². The second kappa shape index (κ2) is 7.64. The number of amides is 1. The maximum Gasteiger partial charge on any atom is 0.346 e. The fraction of sp³-hybridized carbons (Fsp3) is 0.312. The zero-order valence-electron chi connectivity index (χ0n) is 13.0. The first-order valence-electron chi connectivity index (χ1n) is 7.16. The number of aromatic amines is 1. The van der Waals surface area contributed by atoms with E-state index in [2.05, 4.69) is 15.3 Å². The van der Waals surface area contributed by atoms with Crippen LogP contribution in [0.5, 0.6) is 0 Å². The molecule has 0 fully saturated rings. The molecule has 2 aromatic rings. The van der Waals surface area contributed by atoms with Gasteiger partial charge in [-0.1, -0.05) is 11.6 Å². The van der Waals surface area contributed by atoms with Gasteiger partial charge in [0, 0.05) is 25.8 Å². The highest BCUT2D eigenvalue weighted by Crippen LogP contribution is 2.21. The van der Waals surface area contributed by atoms with E-state index in [4.69, 9.17) is 4.74 Å². The summed E-state index contributed by atoms with van der Waals surface area (Å²) in [6, 6.07) is 5.87. The molecule has 0 atom stereocenters. The van der Waals surface area contributed by atoms with E-state index in [1.807, 2.05) is 0 Å². The van der Waals surface area contributed by atoms with Gasteiger partial charge in [-0.05, 0) is 31.5 Å². The molecule has 2 N–H and O–H groups in total. The van der Waals surface area contributed by atoms with Gasteiger partial charge in [-0.3, -0.25) is 4.79 Å². The number of hydrogen-bond acceptors (Lipinski definition) is 4. The minimum Gasteiger partial charge on any atom is -0.385 e. The fourth-order valence-corrected chi connectivity index (χ4v) is 2.07. The lowest BCUT2D eigenvalue weighted by molar-refractivity contribution is 0.0943. The van der Waals surface area contributed by atoms with Gasteiger partial charge in [-0.25, -0.2) is 9.18 Å². The Morgan fingerprint density at radius 2 is 2.17 bits per heavy atom. The van der Waals surface area contributed by atoms with E-state index in [1.165, 1.54) is 12.1 Å². The van der Waals surface area contributed by atoms with Gasteiger partial charge in [0.1, 0.15) is 11.5 Å². The number of nitrogens with zero attached hydrogens (tertiary/aromatic N) is 1. The van der Waals surface area contributed by atoms with E-state index in [0.29, 0.717) is 19.6 Å². The third-order valence-corrected chi connectivity index (χ3v) is 3.20. The van der Waals surface area contributed by atoms with Gasteiger partial charge in [-0.15, -0.1) is 0 Å². The number of halogens is 1. The van der Waals surface area contributed by atoms with E-state index in [-0.39, 0.29) is 17.0 Å². The molecule has 0 unspecified atom stereocenters. The molecule has 0 radical (unpaired) electrons. The molecule has 122 valence electrons. The summed E-state index contributed by atoms with van der Waals surface area (Å²) in [6.45, 7) is 2.73. The highest BCUT2D eigenvalue weighted by atomic mass is 19.1. The largest absolute Gasteiger partial charge is 0.385 e. The summed E-state index contributed by atoms with van der Waals surface area (Å²) in [7, 11) is 1.57. The summed E-state index contributed by atoms with van der Waals surface area (Å²) in [5, 5.41) is 2.66. The fourth-order valence-electron chi connectivity index (χ4n) is 2.07. The van der Waals surface area contributed by atoms with Gasteiger partial charge in [0.15, 0.2) is 0 Å². The second-order valence-corrected chi connectivity index (χ2v) is 5.07. The number of benzene rings is 1. The van der Waals surface area contributed by atoms with Crippen LogP contribution in [0.2, 0.25) is 0 Å². The quantitative estimate of drug-likeness (QED) is 0.793. The van der Waals surface area contributed by atoms with Crippen molar-refractivity contribution in [2.75, 3.05) is 20.3 Å². The van der Waals surface area contributed by atoms with Gasteiger partial charge in [0.2, 0.25) is 0 Å². The van der Waals surface area contributed by atoms with Gasteiger partial charge in [0.25, 0.3) is 5.91 Å². The molecule has 1 aromatic carbocycles. The van der Waals surface area contributed by atoms with Crippen molar-refractivity contribution in [2.24, 2.45) is 0 Å². The van der Waals surface area contributed by atoms with Crippen LogP contribution in [0.1, 0.15) is 22.5 Å². The number of aromatic nitrogens is 2. The molecule has 1 amide bonds. The predicted octanol–water partition coefficient (Wildman–Crippen LogP) is 1.65. The average Bonchev–Trinajstić information content (AvgIpc) is 2.53. The zero-order chi connectivity index (χ0) is 16.8. The van der Waals surface area contributed by atoms with Crippen LogP contribution in [0, 0.1) is 12.7 Å². The minimum atomic E-state index is -0.703. The third-order valence-electron chi connectivity index (χ3n) is 3.20. The highest BCUT2D eigenvalue weighted by molar-refractivity contribution is 5.93. The Kier molecular flexibility index (Phi) is 5.59. The number of aryl methyl sites for hydroxylation is 1. The maximum absolute atomic E-state index is 13.9. The summed E-state index contributed by atoms with van der Waals surface area (Å²) in [6.07, 6.45) is 0.650. The Bertz CT molecular complexity index is 758. The Labute approximate surface area is 132 Å². The lowest BCUT2D eigenvalue weighted by atomic mass is 10.1. The highest BCUT2D eigenvalue weighted by Gasteiger charge is 2.13. The molecule has 2 rings (SSSR count). The molecule has 0 bridgehead atoms. The summed E-state index contributed by atoms with van der Waals surface area (Å²) in [4.78, 5) is 29.8. The molecular formula is C16H18FN3O3. The normalized spacial score (nSPS) is 10.6. The number of carbonyl (C=O) groups excluding carboxylic acids is 1. The molecule has 0 spiro atoms. The van der Waals surface area contributed by atoms with E-state index in [9.17, 15) is 14.0 Å². The van der Waals surface area contributed by atoms with Crippen molar-refractivity contribution in [3.63, 3.8) is 0 Å². The van der Waals surface area contributed by atoms with Crippen molar-refractivity contribution in [3.8, 4) is 11.3 Å². The molecule has 1 heterocycles. The van der Waals surface area contributed by atoms with Gasteiger partial charge in [0.05, 0.1) is 5.69 Å². The molecule has 0 aliphatic rings. The first kappa shape index (κ1) is 16.8. The first-order chi connectivity index (χ1) is 11.0. The third kappa shape index (κ3) is 4.46. The number of rotatable bonds is 6. The molecule has 0 saturated carbocycles. The van der Waals surface area contributed by atoms with E-state index >= 15 is 0 Å². The molecule has 0 aliphatic heterocycles. The van der Waals surface area contributed by atoms with E-state index in [1.54, 1.807) is 26.2 Å². The maximum atomic E-state index is 13.9. The second-order valence-electron chi connectivity index (χ2n) is 5.07. The van der Waals surface area contributed by atoms with Crippen LogP contribution in [0.25, 0.3) is 11.3 Å². The van der Waals surface area contributed by atoms with Crippen LogP contribution in [0.15, 0.2) is 29.1 Å². The van der Waals surface area contributed by atoms with Crippen molar-refractivity contribution in [3.05, 3.63) is 51.8 Å². The smallest absolute Gasteiger partial charge is 0.346 e. The first-order valence-corrected chi connectivity index (χ1v) is 7.16. The lowest BCUT2D eigenvalue weighted by Crippen LogP contribution is -2.28. The number of nitrogens with one attached hydrogen (secondary N) is 2. The summed E-state index contributed by atoms with van der Waals surface area (Å²) in [5.74, 6) is -0.949. The number of ether oxygens (including phenoxy) is 1. The van der Waals surface area contributed by atoms with Gasteiger partial charge in [-0.2, -0.15) is 4.98 Å². The number of carbonyl (C=O) groups is 1. The summed E-state index contributed by atoms with van der Waals surface area (Å²) in [5.41, 5.74) is 0.472. The van der Waals surface area contributed by atoms with Crippen LogP contribution in [0.4, 0.5) is 4.39 Å². The standard InChI is InChI=1S/C16H18FN3O3/c1-10-4-5-12(17)11(8-10)13-9-14(20-16(22)19-13)15(21)18-6-3-7-23-2/h4-5,8-9H,3,6-7H2,1-2H3,(H,18,21)(H,19,20,22). The van der Waals surface area contributed by atoms with Crippen molar-refractivity contribution in [2.45, 2.75) is 13.3 Å². The molecule has 23 heavy (non-hydrogen) atoms. The topological polar surface area (TPSA) is 84.1 Å².